The molecule has 0 spiro atoms. The van der Waals surface area contributed by atoms with Gasteiger partial charge in [0.2, 0.25) is 5.91 Å². The molecule has 4 N–H and O–H groups in total. The molecular weight excluding hydrogens is 252 g/mol. The molecule has 0 aromatic carbocycles. The van der Waals surface area contributed by atoms with E-state index in [-0.39, 0.29) is 11.9 Å². The van der Waals surface area contributed by atoms with E-state index in [9.17, 15) is 4.79 Å². The van der Waals surface area contributed by atoms with Crippen LogP contribution in [-0.2, 0) is 17.8 Å². The number of hydrogen-bond acceptors (Lipinski definition) is 3. The number of H-pyrrole nitrogens is 1. The minimum Gasteiger partial charge on any atom is -0.370 e. The zero-order chi connectivity index (χ0) is 13.5. The zero-order valence-electron chi connectivity index (χ0n) is 10.9. The molecule has 0 fully saturated rings. The number of nitrogens with one attached hydrogen (secondary N) is 2. The van der Waals surface area contributed by atoms with Gasteiger partial charge in [-0.1, -0.05) is 24.9 Å². The van der Waals surface area contributed by atoms with Crippen LogP contribution in [0.3, 0.4) is 0 Å². The lowest BCUT2D eigenvalue weighted by Crippen LogP contribution is -2.30. The molecule has 6 heteroatoms. The van der Waals surface area contributed by atoms with Crippen molar-refractivity contribution in [1.29, 1.82) is 0 Å². The highest BCUT2D eigenvalue weighted by atomic mass is 35.5. The molecule has 0 aliphatic carbocycles. The van der Waals surface area contributed by atoms with Crippen LogP contribution in [0, 0.1) is 0 Å². The quantitative estimate of drug-likeness (QED) is 0.674. The molecule has 102 valence electrons. The minimum absolute atomic E-state index is 0.0287. The highest BCUT2D eigenvalue weighted by molar-refractivity contribution is 6.30. The van der Waals surface area contributed by atoms with Crippen molar-refractivity contribution < 1.29 is 4.79 Å². The Labute approximate surface area is 112 Å². The topological polar surface area (TPSA) is 83.8 Å². The number of carbonyl (C=O) groups is 1. The van der Waals surface area contributed by atoms with Crippen LogP contribution in [0.4, 0.5) is 0 Å². The normalized spacial score (nSPS) is 12.6. The van der Waals surface area contributed by atoms with Crippen molar-refractivity contribution in [3.8, 4) is 0 Å². The second-order valence-corrected chi connectivity index (χ2v) is 4.87. The first-order valence-corrected chi connectivity index (χ1v) is 6.65. The van der Waals surface area contributed by atoms with Gasteiger partial charge >= 0.3 is 0 Å². The molecule has 1 rings (SSSR count). The van der Waals surface area contributed by atoms with E-state index in [1.165, 1.54) is 0 Å². The molecule has 0 aliphatic heterocycles. The molecule has 1 aromatic heterocycles. The average molecular weight is 273 g/mol. The molecule has 0 aliphatic rings. The van der Waals surface area contributed by atoms with E-state index >= 15 is 0 Å². The molecule has 0 saturated heterocycles. The van der Waals surface area contributed by atoms with Crippen LogP contribution in [0.5, 0.6) is 0 Å². The Morgan fingerprint density at radius 3 is 2.94 bits per heavy atom. The number of nitrogens with two attached hydrogens (primary N) is 1. The highest BCUT2D eigenvalue weighted by Crippen LogP contribution is 2.14. The number of rotatable bonds is 8. The lowest BCUT2D eigenvalue weighted by atomic mass is 10.2. The van der Waals surface area contributed by atoms with Crippen LogP contribution in [-0.4, -0.2) is 21.9 Å². The first kappa shape index (κ1) is 15.0. The summed E-state index contributed by atoms with van der Waals surface area (Å²) in [6.45, 7) is 4.61. The summed E-state index contributed by atoms with van der Waals surface area (Å²) in [4.78, 5) is 18.2. The fraction of sp³-hybridized carbons (Fsp3) is 0.667. The van der Waals surface area contributed by atoms with E-state index in [0.717, 1.165) is 30.8 Å². The number of nitrogens with zero attached hydrogens (tertiary/aromatic N) is 1. The van der Waals surface area contributed by atoms with Gasteiger partial charge < -0.3 is 16.0 Å². The maximum absolute atomic E-state index is 10.7. The number of unbranched alkanes of at least 4 members (excludes halogenated alkanes) is 1. The van der Waals surface area contributed by atoms with E-state index in [0.29, 0.717) is 18.1 Å². The summed E-state index contributed by atoms with van der Waals surface area (Å²) < 4.78 is 0. The van der Waals surface area contributed by atoms with Crippen molar-refractivity contribution >= 4 is 17.5 Å². The highest BCUT2D eigenvalue weighted by Gasteiger charge is 2.10. The lowest BCUT2D eigenvalue weighted by molar-refractivity contribution is -0.118. The van der Waals surface area contributed by atoms with Gasteiger partial charge in [-0.3, -0.25) is 4.79 Å². The molecule has 1 unspecified atom stereocenters. The van der Waals surface area contributed by atoms with Crippen molar-refractivity contribution in [2.45, 2.75) is 52.1 Å². The second-order valence-electron chi connectivity index (χ2n) is 4.51. The Balaban J connectivity index is 2.46. The smallest absolute Gasteiger partial charge is 0.218 e. The van der Waals surface area contributed by atoms with Crippen LogP contribution >= 0.6 is 11.6 Å². The maximum Gasteiger partial charge on any atom is 0.218 e. The molecule has 18 heavy (non-hydrogen) atoms. The number of imidazole rings is 1. The number of amides is 1. The van der Waals surface area contributed by atoms with Crippen molar-refractivity contribution in [2.24, 2.45) is 5.73 Å². The third kappa shape index (κ3) is 5.06. The first-order chi connectivity index (χ1) is 8.52. The fourth-order valence-corrected chi connectivity index (χ4v) is 1.89. The van der Waals surface area contributed by atoms with Crippen molar-refractivity contribution in [1.82, 2.24) is 15.3 Å². The van der Waals surface area contributed by atoms with Gasteiger partial charge in [-0.25, -0.2) is 4.98 Å². The molecule has 1 atom stereocenters. The van der Waals surface area contributed by atoms with E-state index in [2.05, 4.69) is 22.2 Å². The Hall–Kier alpha value is -1.07. The minimum atomic E-state index is -0.311. The fourth-order valence-electron chi connectivity index (χ4n) is 1.67. The lowest BCUT2D eigenvalue weighted by Gasteiger charge is -2.10. The zero-order valence-corrected chi connectivity index (χ0v) is 11.7. The molecule has 1 heterocycles. The van der Waals surface area contributed by atoms with E-state index in [4.69, 9.17) is 17.3 Å². The molecule has 1 aromatic rings. The van der Waals surface area contributed by atoms with Gasteiger partial charge in [-0.2, -0.15) is 0 Å². The van der Waals surface area contributed by atoms with Crippen molar-refractivity contribution in [3.05, 3.63) is 16.7 Å². The molecule has 1 amide bonds. The molecule has 0 saturated carbocycles. The number of aromatic nitrogens is 2. The summed E-state index contributed by atoms with van der Waals surface area (Å²) in [7, 11) is 0. The third-order valence-electron chi connectivity index (χ3n) is 2.68. The largest absolute Gasteiger partial charge is 0.370 e. The van der Waals surface area contributed by atoms with Crippen LogP contribution in [0.25, 0.3) is 0 Å². The number of primary amides is 1. The predicted octanol–water partition coefficient (Wildman–Crippen LogP) is 1.76. The standard InChI is InChI=1S/C12H21ClN4O/c1-3-4-5-11-16-9(12(13)17-11)7-15-8(2)6-10(14)18/h8,15H,3-7H2,1-2H3,(H2,14,18)(H,16,17). The average Bonchev–Trinajstić information content (AvgIpc) is 2.64. The molecular formula is C12H21ClN4O. The number of aromatic amines is 1. The first-order valence-electron chi connectivity index (χ1n) is 6.27. The van der Waals surface area contributed by atoms with Gasteiger partial charge in [0.15, 0.2) is 5.15 Å². The third-order valence-corrected chi connectivity index (χ3v) is 2.99. The summed E-state index contributed by atoms with van der Waals surface area (Å²) in [6.07, 6.45) is 3.44. The van der Waals surface area contributed by atoms with Gasteiger partial charge in [-0.15, -0.1) is 0 Å². The van der Waals surface area contributed by atoms with Crippen LogP contribution < -0.4 is 11.1 Å². The number of hydrogen-bond donors (Lipinski definition) is 3. The van der Waals surface area contributed by atoms with Crippen LogP contribution in [0.1, 0.15) is 44.6 Å². The van der Waals surface area contributed by atoms with E-state index < -0.39 is 0 Å². The Kier molecular flexibility index (Phi) is 6.15. The van der Waals surface area contributed by atoms with Gasteiger partial charge in [0.25, 0.3) is 0 Å². The van der Waals surface area contributed by atoms with Gasteiger partial charge in [0, 0.05) is 25.4 Å². The summed E-state index contributed by atoms with van der Waals surface area (Å²) in [5.41, 5.74) is 5.99. The summed E-state index contributed by atoms with van der Waals surface area (Å²) >= 11 is 6.04. The molecule has 5 nitrogen and oxygen atoms in total. The monoisotopic (exact) mass is 272 g/mol. The summed E-state index contributed by atoms with van der Waals surface area (Å²) in [5.74, 6) is 0.607. The Bertz CT molecular complexity index is 391. The number of aryl methyl sites for hydroxylation is 1. The predicted molar refractivity (Wildman–Crippen MR) is 72.3 cm³/mol. The van der Waals surface area contributed by atoms with Crippen molar-refractivity contribution in [2.75, 3.05) is 0 Å². The number of halogens is 1. The maximum atomic E-state index is 10.7. The van der Waals surface area contributed by atoms with Gasteiger partial charge in [-0.05, 0) is 13.3 Å². The Morgan fingerprint density at radius 1 is 1.61 bits per heavy atom. The Morgan fingerprint density at radius 2 is 2.33 bits per heavy atom. The van der Waals surface area contributed by atoms with Crippen LogP contribution in [0.2, 0.25) is 5.15 Å². The number of carbonyl (C=O) groups excluding carboxylic acids is 1. The molecule has 0 bridgehead atoms. The van der Waals surface area contributed by atoms with Gasteiger partial charge in [0.1, 0.15) is 5.82 Å². The summed E-state index contributed by atoms with van der Waals surface area (Å²) in [5, 5.41) is 3.68. The summed E-state index contributed by atoms with van der Waals surface area (Å²) in [6, 6.07) is 0.0287. The van der Waals surface area contributed by atoms with Gasteiger partial charge in [0.05, 0.1) is 5.69 Å². The van der Waals surface area contributed by atoms with Crippen molar-refractivity contribution in [3.63, 3.8) is 0 Å². The SMILES string of the molecule is CCCCc1nc(Cl)c(CNC(C)CC(N)=O)[nH]1. The van der Waals surface area contributed by atoms with E-state index in [1.807, 2.05) is 6.92 Å². The van der Waals surface area contributed by atoms with Crippen LogP contribution in [0.15, 0.2) is 0 Å². The van der Waals surface area contributed by atoms with E-state index in [1.54, 1.807) is 0 Å². The second kappa shape index (κ2) is 7.38. The molecule has 0 radical (unpaired) electrons.